The summed E-state index contributed by atoms with van der Waals surface area (Å²) in [6, 6.07) is 0. The second-order valence-electron chi connectivity index (χ2n) is 5.59. The Hall–Kier alpha value is -0.660. The number of carbonyl (C=O) groups excluding carboxylic acids is 1. The van der Waals surface area contributed by atoms with Crippen molar-refractivity contribution in [2.45, 2.75) is 51.2 Å². The van der Waals surface area contributed by atoms with Crippen molar-refractivity contribution >= 4 is 15.9 Å². The second-order valence-corrected chi connectivity index (χ2v) is 8.07. The van der Waals surface area contributed by atoms with E-state index in [4.69, 9.17) is 5.21 Å². The lowest BCUT2D eigenvalue weighted by atomic mass is 9.94. The van der Waals surface area contributed by atoms with Crippen molar-refractivity contribution in [2.24, 2.45) is 5.92 Å². The number of carbonyl (C=O) groups is 1. The van der Waals surface area contributed by atoms with E-state index in [1.54, 1.807) is 0 Å². The van der Waals surface area contributed by atoms with Crippen LogP contribution in [0.2, 0.25) is 0 Å². The van der Waals surface area contributed by atoms with Crippen LogP contribution in [0.5, 0.6) is 0 Å². The van der Waals surface area contributed by atoms with E-state index in [0.29, 0.717) is 19.0 Å². The minimum Gasteiger partial charge on any atom is -0.289 e. The average molecular weight is 292 g/mol. The summed E-state index contributed by atoms with van der Waals surface area (Å²) in [7, 11) is -3.75. The molecule has 0 radical (unpaired) electrons. The van der Waals surface area contributed by atoms with Gasteiger partial charge in [-0.1, -0.05) is 19.8 Å². The first-order valence-electron chi connectivity index (χ1n) is 6.71. The molecule has 1 saturated heterocycles. The molecule has 1 amide bonds. The molecule has 1 aliphatic rings. The Kier molecular flexibility index (Phi) is 5.34. The van der Waals surface area contributed by atoms with Gasteiger partial charge in [-0.3, -0.25) is 10.0 Å². The molecular weight excluding hydrogens is 268 g/mol. The summed E-state index contributed by atoms with van der Waals surface area (Å²) in [6.45, 7) is 5.65. The lowest BCUT2D eigenvalue weighted by molar-refractivity contribution is -0.131. The Labute approximate surface area is 115 Å². The van der Waals surface area contributed by atoms with Crippen LogP contribution in [-0.2, 0) is 14.8 Å². The Morgan fingerprint density at radius 3 is 2.32 bits per heavy atom. The quantitative estimate of drug-likeness (QED) is 0.587. The van der Waals surface area contributed by atoms with Crippen LogP contribution >= 0.6 is 0 Å². The number of piperidine rings is 1. The summed E-state index contributed by atoms with van der Waals surface area (Å²) in [4.78, 5) is 11.5. The molecule has 1 fully saturated rings. The van der Waals surface area contributed by atoms with Gasteiger partial charge in [-0.2, -0.15) is 0 Å². The third kappa shape index (κ3) is 3.27. The first-order valence-corrected chi connectivity index (χ1v) is 8.15. The van der Waals surface area contributed by atoms with Crippen molar-refractivity contribution in [3.63, 3.8) is 0 Å². The van der Waals surface area contributed by atoms with E-state index in [9.17, 15) is 13.2 Å². The van der Waals surface area contributed by atoms with E-state index >= 15 is 0 Å². The fourth-order valence-corrected chi connectivity index (χ4v) is 4.04. The first-order chi connectivity index (χ1) is 8.77. The monoisotopic (exact) mass is 292 g/mol. The number of nitrogens with zero attached hydrogens (tertiary/aromatic N) is 1. The molecule has 0 aromatic carbocycles. The zero-order valence-corrected chi connectivity index (χ0v) is 12.7. The predicted octanol–water partition coefficient (Wildman–Crippen LogP) is 1.11. The number of hydroxylamine groups is 1. The summed E-state index contributed by atoms with van der Waals surface area (Å²) in [6.07, 6.45) is 3.90. The minimum atomic E-state index is -3.75. The van der Waals surface area contributed by atoms with Crippen molar-refractivity contribution in [3.05, 3.63) is 0 Å². The number of rotatable bonds is 5. The predicted molar refractivity (Wildman–Crippen MR) is 72.1 cm³/mol. The summed E-state index contributed by atoms with van der Waals surface area (Å²) in [5.41, 5.74) is 1.43. The maximum absolute atomic E-state index is 12.4. The number of hydrogen-bond acceptors (Lipinski definition) is 4. The molecule has 0 aromatic heterocycles. The second kappa shape index (κ2) is 6.19. The highest BCUT2D eigenvalue weighted by atomic mass is 32.2. The van der Waals surface area contributed by atoms with Crippen LogP contribution in [0.25, 0.3) is 0 Å². The Morgan fingerprint density at radius 1 is 1.37 bits per heavy atom. The number of hydrogen-bond donors (Lipinski definition) is 2. The highest BCUT2D eigenvalue weighted by Crippen LogP contribution is 2.28. The van der Waals surface area contributed by atoms with Crippen LogP contribution in [0.3, 0.4) is 0 Å². The maximum Gasteiger partial charge on any atom is 0.265 e. The van der Waals surface area contributed by atoms with Crippen molar-refractivity contribution in [2.75, 3.05) is 13.1 Å². The van der Waals surface area contributed by atoms with Crippen LogP contribution in [-0.4, -0.2) is 41.7 Å². The van der Waals surface area contributed by atoms with Crippen molar-refractivity contribution in [3.8, 4) is 0 Å². The van der Waals surface area contributed by atoms with Crippen molar-refractivity contribution < 1.29 is 18.4 Å². The molecule has 1 rings (SSSR count). The van der Waals surface area contributed by atoms with E-state index in [2.05, 4.69) is 6.92 Å². The van der Waals surface area contributed by atoms with Crippen molar-refractivity contribution in [1.82, 2.24) is 9.79 Å². The average Bonchev–Trinajstić information content (AvgIpc) is 2.38. The Bertz CT molecular complexity index is 411. The molecule has 0 saturated carbocycles. The SMILES string of the molecule is CCCC1CCN(S(=O)(=O)C(C)(C)C(=O)NO)CC1. The molecular formula is C12H24N2O4S. The lowest BCUT2D eigenvalue weighted by Gasteiger charge is -2.35. The molecule has 0 aromatic rings. The molecule has 1 aliphatic heterocycles. The van der Waals surface area contributed by atoms with Gasteiger partial charge in [0.15, 0.2) is 4.75 Å². The topological polar surface area (TPSA) is 86.7 Å². The molecule has 1 heterocycles. The molecule has 2 N–H and O–H groups in total. The van der Waals surface area contributed by atoms with Crippen LogP contribution in [0.4, 0.5) is 0 Å². The summed E-state index contributed by atoms with van der Waals surface area (Å²) in [5, 5.41) is 8.66. The summed E-state index contributed by atoms with van der Waals surface area (Å²) >= 11 is 0. The molecule has 112 valence electrons. The van der Waals surface area contributed by atoms with Gasteiger partial charge < -0.3 is 0 Å². The number of amides is 1. The van der Waals surface area contributed by atoms with Crippen LogP contribution in [0.1, 0.15) is 46.5 Å². The maximum atomic E-state index is 12.4. The summed E-state index contributed by atoms with van der Waals surface area (Å²) in [5.74, 6) is -0.325. The van der Waals surface area contributed by atoms with Gasteiger partial charge in [0.05, 0.1) is 0 Å². The normalized spacial score (nSPS) is 19.4. The Balaban J connectivity index is 2.78. The fraction of sp³-hybridized carbons (Fsp3) is 0.917. The molecule has 6 nitrogen and oxygen atoms in total. The van der Waals surface area contributed by atoms with Gasteiger partial charge in [-0.25, -0.2) is 18.2 Å². The van der Waals surface area contributed by atoms with E-state index in [-0.39, 0.29) is 0 Å². The lowest BCUT2D eigenvalue weighted by Crippen LogP contribution is -2.54. The third-order valence-electron chi connectivity index (χ3n) is 3.90. The zero-order chi connectivity index (χ0) is 14.7. The largest absolute Gasteiger partial charge is 0.289 e. The van der Waals surface area contributed by atoms with Gasteiger partial charge >= 0.3 is 0 Å². The van der Waals surface area contributed by atoms with E-state index in [0.717, 1.165) is 25.7 Å². The molecule has 0 unspecified atom stereocenters. The van der Waals surface area contributed by atoms with Crippen LogP contribution in [0, 0.1) is 5.92 Å². The molecule has 19 heavy (non-hydrogen) atoms. The van der Waals surface area contributed by atoms with E-state index < -0.39 is 20.7 Å². The Morgan fingerprint density at radius 2 is 1.89 bits per heavy atom. The first kappa shape index (κ1) is 16.4. The number of sulfonamides is 1. The van der Waals surface area contributed by atoms with Gasteiger partial charge in [0, 0.05) is 13.1 Å². The highest BCUT2D eigenvalue weighted by Gasteiger charge is 2.46. The molecule has 0 aliphatic carbocycles. The third-order valence-corrected chi connectivity index (χ3v) is 6.42. The highest BCUT2D eigenvalue weighted by molar-refractivity contribution is 7.91. The van der Waals surface area contributed by atoms with Crippen molar-refractivity contribution in [1.29, 1.82) is 0 Å². The van der Waals surface area contributed by atoms with Gasteiger partial charge in [-0.15, -0.1) is 0 Å². The standard InChI is InChI=1S/C12H24N2O4S/c1-4-5-10-6-8-14(9-7-10)19(17,18)12(2,3)11(15)13-16/h10,16H,4-9H2,1-3H3,(H,13,15). The minimum absolute atomic E-state index is 0.454. The molecule has 0 atom stereocenters. The summed E-state index contributed by atoms with van der Waals surface area (Å²) < 4.78 is 24.6. The number of nitrogens with one attached hydrogen (secondary N) is 1. The zero-order valence-electron chi connectivity index (χ0n) is 11.8. The smallest absolute Gasteiger partial charge is 0.265 e. The molecule has 0 bridgehead atoms. The van der Waals surface area contributed by atoms with Gasteiger partial charge in [-0.05, 0) is 32.6 Å². The van der Waals surface area contributed by atoms with E-state index in [1.165, 1.54) is 23.6 Å². The molecule has 7 heteroatoms. The van der Waals surface area contributed by atoms with Crippen LogP contribution < -0.4 is 5.48 Å². The van der Waals surface area contributed by atoms with Crippen LogP contribution in [0.15, 0.2) is 0 Å². The van der Waals surface area contributed by atoms with Gasteiger partial charge in [0.25, 0.3) is 5.91 Å². The van der Waals surface area contributed by atoms with E-state index in [1.807, 2.05) is 0 Å². The van der Waals surface area contributed by atoms with Gasteiger partial charge in [0.2, 0.25) is 10.0 Å². The van der Waals surface area contributed by atoms with Gasteiger partial charge in [0.1, 0.15) is 0 Å². The molecule has 0 spiro atoms. The fourth-order valence-electron chi connectivity index (χ4n) is 2.42.